The number of aryl methyl sites for hydroxylation is 1. The van der Waals surface area contributed by atoms with Crippen molar-refractivity contribution in [2.75, 3.05) is 22.7 Å². The van der Waals surface area contributed by atoms with Crippen LogP contribution in [0.3, 0.4) is 0 Å². The molecule has 3 N–H and O–H groups in total. The number of benzene rings is 2. The molecule has 28 heavy (non-hydrogen) atoms. The topological polar surface area (TPSA) is 96.6 Å². The Balaban J connectivity index is 1.88. The van der Waals surface area contributed by atoms with Gasteiger partial charge in [0.2, 0.25) is 0 Å². The van der Waals surface area contributed by atoms with E-state index in [0.717, 1.165) is 47.6 Å². The van der Waals surface area contributed by atoms with Gasteiger partial charge in [-0.3, -0.25) is 0 Å². The second-order valence-corrected chi connectivity index (χ2v) is 7.62. The molecule has 1 aliphatic rings. The van der Waals surface area contributed by atoms with Crippen LogP contribution in [-0.2, 0) is 6.42 Å². The fourth-order valence-electron chi connectivity index (χ4n) is 3.32. The van der Waals surface area contributed by atoms with Gasteiger partial charge in [-0.1, -0.05) is 13.0 Å². The second-order valence-electron chi connectivity index (χ2n) is 6.77. The highest BCUT2D eigenvalue weighted by atomic mass is 32.2. The summed E-state index contributed by atoms with van der Waals surface area (Å²) in [5.41, 5.74) is 3.54. The van der Waals surface area contributed by atoms with Crippen molar-refractivity contribution < 1.29 is 15.0 Å². The number of rotatable bonds is 6. The van der Waals surface area contributed by atoms with Gasteiger partial charge in [0, 0.05) is 18.0 Å². The van der Waals surface area contributed by atoms with Crippen LogP contribution >= 0.6 is 11.9 Å². The van der Waals surface area contributed by atoms with Crippen molar-refractivity contribution in [1.29, 1.82) is 5.26 Å². The SMILES string of the molecule is CCc1ccc(C(=O)O)cc1SNc1cc(C#N)ccc1N1CCCC(O)C1. The van der Waals surface area contributed by atoms with Crippen LogP contribution in [0.4, 0.5) is 11.4 Å². The molecular formula is C21H23N3O3S. The van der Waals surface area contributed by atoms with E-state index in [2.05, 4.69) is 15.7 Å². The van der Waals surface area contributed by atoms with E-state index in [1.807, 2.05) is 19.1 Å². The number of aliphatic hydroxyl groups is 1. The maximum Gasteiger partial charge on any atom is 0.335 e. The molecule has 1 aliphatic heterocycles. The lowest BCUT2D eigenvalue weighted by molar-refractivity contribution is 0.0696. The van der Waals surface area contributed by atoms with Crippen molar-refractivity contribution in [1.82, 2.24) is 0 Å². The molecule has 0 aliphatic carbocycles. The fraction of sp³-hybridized carbons (Fsp3) is 0.333. The Morgan fingerprint density at radius 3 is 2.86 bits per heavy atom. The predicted octanol–water partition coefficient (Wildman–Crippen LogP) is 3.90. The largest absolute Gasteiger partial charge is 0.478 e. The van der Waals surface area contributed by atoms with Crippen LogP contribution in [0.25, 0.3) is 0 Å². The second kappa shape index (κ2) is 9.00. The molecule has 6 nitrogen and oxygen atoms in total. The Hall–Kier alpha value is -2.69. The van der Waals surface area contributed by atoms with Crippen LogP contribution in [-0.4, -0.2) is 35.4 Å². The first-order valence-corrected chi connectivity index (χ1v) is 10.1. The van der Waals surface area contributed by atoms with E-state index in [0.29, 0.717) is 12.1 Å². The first-order valence-electron chi connectivity index (χ1n) is 9.28. The summed E-state index contributed by atoms with van der Waals surface area (Å²) >= 11 is 1.34. The van der Waals surface area contributed by atoms with Gasteiger partial charge in [-0.15, -0.1) is 0 Å². The Morgan fingerprint density at radius 1 is 1.36 bits per heavy atom. The number of anilines is 2. The average Bonchev–Trinajstić information content (AvgIpc) is 2.71. The number of hydrogen-bond acceptors (Lipinski definition) is 6. The molecule has 1 fully saturated rings. The monoisotopic (exact) mass is 397 g/mol. The zero-order valence-electron chi connectivity index (χ0n) is 15.7. The molecule has 146 valence electrons. The van der Waals surface area contributed by atoms with E-state index in [9.17, 15) is 20.3 Å². The van der Waals surface area contributed by atoms with Crippen molar-refractivity contribution >= 4 is 29.3 Å². The van der Waals surface area contributed by atoms with E-state index < -0.39 is 5.97 Å². The number of carbonyl (C=O) groups is 1. The molecule has 2 aromatic carbocycles. The molecule has 0 radical (unpaired) electrons. The summed E-state index contributed by atoms with van der Waals surface area (Å²) in [5.74, 6) is -0.959. The highest BCUT2D eigenvalue weighted by Crippen LogP contribution is 2.34. The first-order chi connectivity index (χ1) is 13.5. The molecule has 0 amide bonds. The Labute approximate surface area is 168 Å². The summed E-state index contributed by atoms with van der Waals surface area (Å²) in [7, 11) is 0. The maximum atomic E-state index is 11.3. The lowest BCUT2D eigenvalue weighted by Crippen LogP contribution is -2.38. The number of piperidine rings is 1. The third-order valence-corrected chi connectivity index (χ3v) is 5.75. The molecule has 1 heterocycles. The number of aromatic carboxylic acids is 1. The standard InChI is InChI=1S/C21H23N3O3S/c1-2-15-6-7-16(21(26)27)11-20(15)28-23-18-10-14(12-22)5-8-19(18)24-9-3-4-17(25)13-24/h5-8,10-11,17,23,25H,2-4,9,13H2,1H3,(H,26,27). The molecule has 0 bridgehead atoms. The number of nitrogens with one attached hydrogen (secondary N) is 1. The number of hydrogen-bond donors (Lipinski definition) is 3. The van der Waals surface area contributed by atoms with Gasteiger partial charge >= 0.3 is 5.97 Å². The number of nitriles is 1. The van der Waals surface area contributed by atoms with Crippen LogP contribution in [0.2, 0.25) is 0 Å². The van der Waals surface area contributed by atoms with Crippen LogP contribution in [0.15, 0.2) is 41.3 Å². The van der Waals surface area contributed by atoms with Crippen molar-refractivity contribution in [3.05, 3.63) is 53.1 Å². The van der Waals surface area contributed by atoms with E-state index in [4.69, 9.17) is 0 Å². The molecule has 7 heteroatoms. The van der Waals surface area contributed by atoms with E-state index in [1.165, 1.54) is 11.9 Å². The minimum atomic E-state index is -0.959. The molecule has 1 unspecified atom stereocenters. The summed E-state index contributed by atoms with van der Waals surface area (Å²) < 4.78 is 3.31. The summed E-state index contributed by atoms with van der Waals surface area (Å²) in [4.78, 5) is 14.3. The zero-order valence-corrected chi connectivity index (χ0v) is 16.5. The predicted molar refractivity (Wildman–Crippen MR) is 111 cm³/mol. The van der Waals surface area contributed by atoms with Gasteiger partial charge in [0.15, 0.2) is 0 Å². The highest BCUT2D eigenvalue weighted by molar-refractivity contribution is 8.00. The number of carboxylic acids is 1. The van der Waals surface area contributed by atoms with Crippen molar-refractivity contribution in [2.24, 2.45) is 0 Å². The minimum Gasteiger partial charge on any atom is -0.478 e. The fourth-order valence-corrected chi connectivity index (χ4v) is 4.23. The van der Waals surface area contributed by atoms with Crippen LogP contribution in [0, 0.1) is 11.3 Å². The normalized spacial score (nSPS) is 16.5. The van der Waals surface area contributed by atoms with Crippen molar-refractivity contribution in [3.8, 4) is 6.07 Å². The van der Waals surface area contributed by atoms with Crippen LogP contribution in [0.5, 0.6) is 0 Å². The lowest BCUT2D eigenvalue weighted by Gasteiger charge is -2.33. The van der Waals surface area contributed by atoms with Gasteiger partial charge in [0.1, 0.15) is 0 Å². The Kier molecular flexibility index (Phi) is 6.45. The van der Waals surface area contributed by atoms with Crippen LogP contribution < -0.4 is 9.62 Å². The Morgan fingerprint density at radius 2 is 2.18 bits per heavy atom. The van der Waals surface area contributed by atoms with Gasteiger partial charge in [0.05, 0.1) is 34.7 Å². The molecule has 3 rings (SSSR count). The van der Waals surface area contributed by atoms with Crippen molar-refractivity contribution in [2.45, 2.75) is 37.2 Å². The smallest absolute Gasteiger partial charge is 0.335 e. The van der Waals surface area contributed by atoms with Gasteiger partial charge in [-0.25, -0.2) is 4.79 Å². The lowest BCUT2D eigenvalue weighted by atomic mass is 10.1. The highest BCUT2D eigenvalue weighted by Gasteiger charge is 2.20. The number of carboxylic acid groups (broad SMARTS) is 1. The average molecular weight is 398 g/mol. The summed E-state index contributed by atoms with van der Waals surface area (Å²) in [6.45, 7) is 3.42. The quantitative estimate of drug-likeness (QED) is 0.636. The summed E-state index contributed by atoms with van der Waals surface area (Å²) in [6.07, 6.45) is 2.14. The molecule has 1 atom stereocenters. The van der Waals surface area contributed by atoms with E-state index in [1.54, 1.807) is 24.3 Å². The summed E-state index contributed by atoms with van der Waals surface area (Å²) in [6, 6.07) is 12.7. The van der Waals surface area contributed by atoms with E-state index in [-0.39, 0.29) is 11.7 Å². The minimum absolute atomic E-state index is 0.242. The van der Waals surface area contributed by atoms with Crippen LogP contribution in [0.1, 0.15) is 41.3 Å². The number of nitrogens with zero attached hydrogens (tertiary/aromatic N) is 2. The molecule has 0 saturated carbocycles. The van der Waals surface area contributed by atoms with Gasteiger partial charge in [-0.2, -0.15) is 5.26 Å². The Bertz CT molecular complexity index is 910. The van der Waals surface area contributed by atoms with Crippen molar-refractivity contribution in [3.63, 3.8) is 0 Å². The first kappa shape index (κ1) is 20.1. The van der Waals surface area contributed by atoms with Gasteiger partial charge < -0.3 is 19.8 Å². The zero-order chi connectivity index (χ0) is 20.1. The third-order valence-electron chi connectivity index (χ3n) is 4.83. The number of β-amino-alcohol motifs (C(OH)–C–C–N with tert-alkyl or cyclic N) is 1. The molecule has 0 aromatic heterocycles. The van der Waals surface area contributed by atoms with Gasteiger partial charge in [0.25, 0.3) is 0 Å². The maximum absolute atomic E-state index is 11.3. The molecule has 0 spiro atoms. The third kappa shape index (κ3) is 4.58. The molecular weight excluding hydrogens is 374 g/mol. The molecule has 2 aromatic rings. The number of aliphatic hydroxyl groups excluding tert-OH is 1. The van der Waals surface area contributed by atoms with Gasteiger partial charge in [-0.05, 0) is 67.1 Å². The van der Waals surface area contributed by atoms with E-state index >= 15 is 0 Å². The summed E-state index contributed by atoms with van der Waals surface area (Å²) in [5, 5.41) is 28.6. The molecule has 1 saturated heterocycles.